The molecule has 2 unspecified atom stereocenters. The largest absolute Gasteiger partial charge is 0.431 e. The third kappa shape index (κ3) is 4.08. The van der Waals surface area contributed by atoms with Crippen molar-refractivity contribution in [3.63, 3.8) is 0 Å². The van der Waals surface area contributed by atoms with Crippen molar-refractivity contribution >= 4 is 17.2 Å². The van der Waals surface area contributed by atoms with Crippen LogP contribution in [0, 0.1) is 17.8 Å². The molecule has 0 amide bonds. The Bertz CT molecular complexity index is 925. The lowest BCUT2D eigenvalue weighted by Gasteiger charge is -2.33. The highest BCUT2D eigenvalue weighted by atomic mass is 19.3. The Morgan fingerprint density at radius 1 is 1.28 bits per heavy atom. The van der Waals surface area contributed by atoms with Crippen LogP contribution in [0.5, 0.6) is 5.75 Å². The number of nitrogens with zero attached hydrogens (tertiary/aromatic N) is 3. The maximum Gasteiger partial charge on any atom is 0.387 e. The van der Waals surface area contributed by atoms with E-state index >= 15 is 0 Å². The highest BCUT2D eigenvalue weighted by molar-refractivity contribution is 6.04. The first-order valence-corrected chi connectivity index (χ1v) is 11.4. The topological polar surface area (TPSA) is 99.0 Å². The lowest BCUT2D eigenvalue weighted by molar-refractivity contribution is -0.0495. The molecule has 2 aliphatic heterocycles. The average molecular weight is 448 g/mol. The van der Waals surface area contributed by atoms with E-state index in [2.05, 4.69) is 14.6 Å². The van der Waals surface area contributed by atoms with Gasteiger partial charge in [0, 0.05) is 53.8 Å². The first-order valence-electron chi connectivity index (χ1n) is 11.4. The Balaban J connectivity index is 1.30. The number of anilines is 1. The third-order valence-electron chi connectivity index (χ3n) is 7.32. The summed E-state index contributed by atoms with van der Waals surface area (Å²) in [6.07, 6.45) is 7.35. The lowest BCUT2D eigenvalue weighted by Crippen LogP contribution is -2.44. The van der Waals surface area contributed by atoms with Gasteiger partial charge in [0.05, 0.1) is 12.7 Å². The lowest BCUT2D eigenvalue weighted by atomic mass is 10.00. The molecule has 7 nitrogen and oxygen atoms in total. The summed E-state index contributed by atoms with van der Waals surface area (Å²) in [5.74, 6) is 1.39. The first kappa shape index (κ1) is 21.6. The smallest absolute Gasteiger partial charge is 0.387 e. The molecule has 4 N–H and O–H groups in total. The van der Waals surface area contributed by atoms with E-state index in [0.717, 1.165) is 18.9 Å². The molecule has 9 heteroatoms. The van der Waals surface area contributed by atoms with Gasteiger partial charge in [-0.25, -0.2) is 4.98 Å². The molecule has 2 saturated heterocycles. The van der Waals surface area contributed by atoms with Crippen molar-refractivity contribution in [2.45, 2.75) is 64.0 Å². The summed E-state index contributed by atoms with van der Waals surface area (Å²) in [5, 5.41) is 0. The van der Waals surface area contributed by atoms with E-state index in [0.29, 0.717) is 47.2 Å². The van der Waals surface area contributed by atoms with Gasteiger partial charge in [-0.05, 0) is 57.1 Å². The van der Waals surface area contributed by atoms with Gasteiger partial charge in [-0.1, -0.05) is 0 Å². The van der Waals surface area contributed by atoms with E-state index in [4.69, 9.17) is 21.2 Å². The summed E-state index contributed by atoms with van der Waals surface area (Å²) in [4.78, 5) is 11.5. The fourth-order valence-electron chi connectivity index (χ4n) is 5.96. The molecule has 3 heterocycles. The van der Waals surface area contributed by atoms with Crippen molar-refractivity contribution in [2.24, 2.45) is 28.5 Å². The number of hydrogen-bond acceptors (Lipinski definition) is 7. The van der Waals surface area contributed by atoms with Gasteiger partial charge in [-0.15, -0.1) is 0 Å². The van der Waals surface area contributed by atoms with E-state index in [1.807, 2.05) is 19.9 Å². The second-order valence-corrected chi connectivity index (χ2v) is 9.75. The van der Waals surface area contributed by atoms with Crippen LogP contribution in [-0.2, 0) is 4.74 Å². The molecular formula is C23H31F2N5O2. The van der Waals surface area contributed by atoms with Crippen molar-refractivity contribution in [1.82, 2.24) is 9.88 Å². The Hall–Kier alpha value is -2.26. The summed E-state index contributed by atoms with van der Waals surface area (Å²) in [5.41, 5.74) is 13.9. The van der Waals surface area contributed by atoms with Gasteiger partial charge in [-0.3, -0.25) is 9.89 Å². The summed E-state index contributed by atoms with van der Waals surface area (Å²) in [6.45, 7) is 3.07. The number of hydrogen-bond donors (Lipinski definition) is 2. The van der Waals surface area contributed by atoms with Crippen molar-refractivity contribution in [2.75, 3.05) is 18.9 Å². The van der Waals surface area contributed by atoms with E-state index in [1.165, 1.54) is 31.5 Å². The van der Waals surface area contributed by atoms with Gasteiger partial charge >= 0.3 is 6.61 Å². The molecule has 2 aliphatic carbocycles. The van der Waals surface area contributed by atoms with Crippen LogP contribution in [0.3, 0.4) is 0 Å². The van der Waals surface area contributed by atoms with Crippen molar-refractivity contribution < 1.29 is 18.3 Å². The Labute approximate surface area is 186 Å². The number of aliphatic imine (C=N–C) groups is 1. The Morgan fingerprint density at radius 3 is 2.62 bits per heavy atom. The fraction of sp³-hybridized carbons (Fsp3) is 0.652. The number of nitrogen functional groups attached to an aromatic ring is 1. The summed E-state index contributed by atoms with van der Waals surface area (Å²) in [6, 6.07) is 2.79. The molecule has 174 valence electrons. The molecular weight excluding hydrogens is 416 g/mol. The van der Waals surface area contributed by atoms with E-state index in [9.17, 15) is 8.78 Å². The number of ether oxygens (including phenoxy) is 2. The number of halogens is 2. The standard InChI is InChI=1S/C23H31F2N5O2/c1-11(2)29-19(7-18(26)12-3-20(32-23(24)25)22(27)28-8-12)21-16-5-13(6-17(16)21)30-9-15-4-14(30)10-31-15/h3,7-8,11,13-17,21,23H,4-6,9-10,26H2,1-2H3,(H2,27,28)/t13?,14-,15-,16-,17+,21?/m0/s1. The number of likely N-dealkylation sites (tertiary alicyclic amines) is 1. The quantitative estimate of drug-likeness (QED) is 0.624. The number of pyridine rings is 1. The van der Waals surface area contributed by atoms with Gasteiger partial charge in [-0.2, -0.15) is 8.78 Å². The van der Waals surface area contributed by atoms with Crippen LogP contribution in [0.1, 0.15) is 38.7 Å². The first-order chi connectivity index (χ1) is 15.3. The zero-order valence-electron chi connectivity index (χ0n) is 18.5. The molecule has 0 radical (unpaired) electrons. The number of fused-ring (bicyclic) bond motifs is 3. The van der Waals surface area contributed by atoms with Gasteiger partial charge in [0.1, 0.15) is 0 Å². The van der Waals surface area contributed by atoms with E-state index in [1.54, 1.807) is 0 Å². The predicted octanol–water partition coefficient (Wildman–Crippen LogP) is 2.91. The van der Waals surface area contributed by atoms with Crippen LogP contribution < -0.4 is 16.2 Å². The molecule has 2 bridgehead atoms. The van der Waals surface area contributed by atoms with Crippen LogP contribution >= 0.6 is 0 Å². The monoisotopic (exact) mass is 447 g/mol. The number of aromatic nitrogens is 1. The maximum absolute atomic E-state index is 12.6. The van der Waals surface area contributed by atoms with Crippen LogP contribution in [-0.4, -0.2) is 59.6 Å². The van der Waals surface area contributed by atoms with Gasteiger partial charge in [0.2, 0.25) is 0 Å². The minimum absolute atomic E-state index is 0.0956. The summed E-state index contributed by atoms with van der Waals surface area (Å²) in [7, 11) is 0. The van der Waals surface area contributed by atoms with Gasteiger partial charge in [0.15, 0.2) is 11.6 Å². The van der Waals surface area contributed by atoms with Crippen LogP contribution in [0.4, 0.5) is 14.6 Å². The molecule has 2 saturated carbocycles. The number of alkyl halides is 2. The normalized spacial score (nSPS) is 34.6. The molecule has 32 heavy (non-hydrogen) atoms. The van der Waals surface area contributed by atoms with Gasteiger partial charge in [0.25, 0.3) is 0 Å². The molecule has 0 aromatic carbocycles. The molecule has 4 fully saturated rings. The summed E-state index contributed by atoms with van der Waals surface area (Å²) < 4.78 is 35.5. The van der Waals surface area contributed by atoms with Crippen LogP contribution in [0.25, 0.3) is 5.70 Å². The Kier molecular flexibility index (Phi) is 5.57. The zero-order chi connectivity index (χ0) is 22.6. The molecule has 1 aromatic rings. The van der Waals surface area contributed by atoms with Crippen LogP contribution in [0.15, 0.2) is 23.3 Å². The van der Waals surface area contributed by atoms with Crippen LogP contribution in [0.2, 0.25) is 0 Å². The summed E-state index contributed by atoms with van der Waals surface area (Å²) >= 11 is 0. The highest BCUT2D eigenvalue weighted by Gasteiger charge is 2.60. The Morgan fingerprint density at radius 2 is 2.03 bits per heavy atom. The molecule has 4 aliphatic rings. The molecule has 5 rings (SSSR count). The van der Waals surface area contributed by atoms with E-state index in [-0.39, 0.29) is 17.6 Å². The third-order valence-corrected chi connectivity index (χ3v) is 7.32. The maximum atomic E-state index is 12.6. The fourth-order valence-corrected chi connectivity index (χ4v) is 5.96. The average Bonchev–Trinajstić information content (AvgIpc) is 3.16. The van der Waals surface area contributed by atoms with Crippen molar-refractivity contribution in [3.8, 4) is 5.75 Å². The second kappa shape index (κ2) is 8.26. The predicted molar refractivity (Wildman–Crippen MR) is 118 cm³/mol. The van der Waals surface area contributed by atoms with Crippen molar-refractivity contribution in [3.05, 3.63) is 23.9 Å². The SMILES string of the molecule is CC(C)N=C(C=C(N)c1cnc(N)c(OC(F)F)c1)C1[C@H]2CC(N3C[C@@H]4C[C@H]3CO4)C[C@@H]12. The number of allylic oxidation sites excluding steroid dienone is 1. The molecule has 0 spiro atoms. The number of morpholine rings is 1. The van der Waals surface area contributed by atoms with E-state index < -0.39 is 6.61 Å². The molecule has 1 aromatic heterocycles. The van der Waals surface area contributed by atoms with Crippen molar-refractivity contribution in [1.29, 1.82) is 0 Å². The minimum atomic E-state index is -2.98. The molecule has 6 atom stereocenters. The minimum Gasteiger partial charge on any atom is -0.431 e. The number of nitrogens with two attached hydrogens (primary N) is 2. The number of rotatable bonds is 7. The second-order valence-electron chi connectivity index (χ2n) is 9.75. The van der Waals surface area contributed by atoms with Gasteiger partial charge < -0.3 is 20.9 Å². The highest BCUT2D eigenvalue weighted by Crippen LogP contribution is 2.60. The zero-order valence-corrected chi connectivity index (χ0v) is 18.5.